The molecule has 1 saturated heterocycles. The van der Waals surface area contributed by atoms with E-state index in [1.807, 2.05) is 12.1 Å². The van der Waals surface area contributed by atoms with Crippen molar-refractivity contribution in [1.82, 2.24) is 5.32 Å². The Morgan fingerprint density at radius 3 is 2.09 bits per heavy atom. The van der Waals surface area contributed by atoms with Crippen LogP contribution in [0.15, 0.2) is 60.7 Å². The Hall–Kier alpha value is -2.60. The van der Waals surface area contributed by atoms with Gasteiger partial charge in [-0.25, -0.2) is 0 Å². The molecule has 6 heteroatoms. The van der Waals surface area contributed by atoms with Crippen molar-refractivity contribution in [2.24, 2.45) is 0 Å². The molecule has 0 saturated carbocycles. The van der Waals surface area contributed by atoms with Crippen LogP contribution in [0.3, 0.4) is 0 Å². The first-order valence-electron chi connectivity index (χ1n) is 6.62. The second-order valence-electron chi connectivity index (χ2n) is 4.62. The van der Waals surface area contributed by atoms with Gasteiger partial charge in [0.25, 0.3) is 17.1 Å². The average Bonchev–Trinajstić information content (AvgIpc) is 2.88. The molecule has 1 aliphatic rings. The molecule has 3 amide bonds. The van der Waals surface area contributed by atoms with Gasteiger partial charge in [0, 0.05) is 11.3 Å². The Morgan fingerprint density at radius 2 is 1.55 bits per heavy atom. The molecule has 0 radical (unpaired) electrons. The van der Waals surface area contributed by atoms with Crippen LogP contribution < -0.4 is 10.2 Å². The lowest BCUT2D eigenvalue weighted by molar-refractivity contribution is -0.118. The van der Waals surface area contributed by atoms with Crippen LogP contribution in [0, 0.1) is 0 Å². The van der Waals surface area contributed by atoms with Crippen molar-refractivity contribution in [3.05, 3.63) is 66.2 Å². The maximum atomic E-state index is 12.8. The summed E-state index contributed by atoms with van der Waals surface area (Å²) in [7, 11) is 0. The molecule has 5 nitrogen and oxygen atoms in total. The van der Waals surface area contributed by atoms with Gasteiger partial charge in [0.1, 0.15) is 0 Å². The Labute approximate surface area is 131 Å². The third kappa shape index (κ3) is 2.73. The zero-order chi connectivity index (χ0) is 15.5. The Kier molecular flexibility index (Phi) is 3.93. The second-order valence-corrected chi connectivity index (χ2v) is 5.68. The van der Waals surface area contributed by atoms with Gasteiger partial charge in [0.15, 0.2) is 5.37 Å². The van der Waals surface area contributed by atoms with E-state index in [0.29, 0.717) is 11.3 Å². The van der Waals surface area contributed by atoms with E-state index in [1.54, 1.807) is 48.5 Å². The van der Waals surface area contributed by atoms with Crippen LogP contribution in [-0.2, 0) is 4.79 Å². The summed E-state index contributed by atoms with van der Waals surface area (Å²) in [4.78, 5) is 37.6. The van der Waals surface area contributed by atoms with Gasteiger partial charge in [-0.1, -0.05) is 36.4 Å². The lowest BCUT2D eigenvalue weighted by Gasteiger charge is -2.26. The lowest BCUT2D eigenvalue weighted by Crippen LogP contribution is -2.43. The molecule has 110 valence electrons. The highest BCUT2D eigenvalue weighted by Crippen LogP contribution is 2.29. The number of carbonyl (C=O) groups excluding carboxylic acids is 3. The molecule has 2 aromatic rings. The van der Waals surface area contributed by atoms with Crippen molar-refractivity contribution in [2.45, 2.75) is 5.37 Å². The molecule has 0 aliphatic carbocycles. The van der Waals surface area contributed by atoms with E-state index in [4.69, 9.17) is 0 Å². The van der Waals surface area contributed by atoms with E-state index in [9.17, 15) is 14.4 Å². The number of rotatable bonds is 3. The van der Waals surface area contributed by atoms with Gasteiger partial charge in [-0.05, 0) is 36.0 Å². The molecule has 1 fully saturated rings. The van der Waals surface area contributed by atoms with Crippen LogP contribution in [0.2, 0.25) is 0 Å². The summed E-state index contributed by atoms with van der Waals surface area (Å²) in [5.41, 5.74) is 1.03. The molecule has 2 aromatic carbocycles. The van der Waals surface area contributed by atoms with Gasteiger partial charge >= 0.3 is 0 Å². The van der Waals surface area contributed by atoms with Gasteiger partial charge in [0.05, 0.1) is 0 Å². The van der Waals surface area contributed by atoms with Crippen LogP contribution in [0.5, 0.6) is 0 Å². The first-order valence-corrected chi connectivity index (χ1v) is 7.50. The number of anilines is 1. The number of thioether (sulfide) groups is 1. The molecule has 0 bridgehead atoms. The monoisotopic (exact) mass is 312 g/mol. The fourth-order valence-electron chi connectivity index (χ4n) is 2.18. The molecule has 1 heterocycles. The Morgan fingerprint density at radius 1 is 0.955 bits per heavy atom. The van der Waals surface area contributed by atoms with Crippen molar-refractivity contribution < 1.29 is 14.4 Å². The number of imide groups is 1. The predicted octanol–water partition coefficient (Wildman–Crippen LogP) is 2.64. The highest BCUT2D eigenvalue weighted by atomic mass is 32.2. The smallest absolute Gasteiger partial charge is 0.286 e. The predicted molar refractivity (Wildman–Crippen MR) is 84.6 cm³/mol. The van der Waals surface area contributed by atoms with Crippen molar-refractivity contribution in [1.29, 1.82) is 0 Å². The summed E-state index contributed by atoms with van der Waals surface area (Å²) in [6, 6.07) is 17.5. The summed E-state index contributed by atoms with van der Waals surface area (Å²) in [5.74, 6) is -0.808. The topological polar surface area (TPSA) is 66.5 Å². The van der Waals surface area contributed by atoms with E-state index < -0.39 is 16.5 Å². The number of carbonyl (C=O) groups is 3. The van der Waals surface area contributed by atoms with Gasteiger partial charge in [-0.3, -0.25) is 24.6 Å². The molecule has 0 spiro atoms. The number of nitrogens with one attached hydrogen (secondary N) is 1. The van der Waals surface area contributed by atoms with Crippen LogP contribution in [0.25, 0.3) is 0 Å². The van der Waals surface area contributed by atoms with Gasteiger partial charge < -0.3 is 0 Å². The molecule has 22 heavy (non-hydrogen) atoms. The standard InChI is InChI=1S/C16H12N2O3S/c19-13-15(22-16(21)17-13)18(12-9-5-2-6-10-12)14(20)11-7-3-1-4-8-11/h1-10,15H,(H,17,19,21). The third-order valence-corrected chi connectivity index (χ3v) is 4.14. The highest BCUT2D eigenvalue weighted by molar-refractivity contribution is 8.15. The second kappa shape index (κ2) is 6.03. The molecule has 3 rings (SSSR count). The normalized spacial score (nSPS) is 17.2. The van der Waals surface area contributed by atoms with E-state index >= 15 is 0 Å². The van der Waals surface area contributed by atoms with Gasteiger partial charge in [0.2, 0.25) is 0 Å². The highest BCUT2D eigenvalue weighted by Gasteiger charge is 2.39. The molecule has 0 aromatic heterocycles. The number of nitrogens with zero attached hydrogens (tertiary/aromatic N) is 1. The summed E-state index contributed by atoms with van der Waals surface area (Å²) in [5, 5.41) is 0.867. The quantitative estimate of drug-likeness (QED) is 0.946. The van der Waals surface area contributed by atoms with Crippen molar-refractivity contribution >= 4 is 34.5 Å². The van der Waals surface area contributed by atoms with Crippen LogP contribution in [0.1, 0.15) is 10.4 Å². The Balaban J connectivity index is 2.02. The maximum absolute atomic E-state index is 12.8. The minimum atomic E-state index is -0.900. The molecule has 1 unspecified atom stereocenters. The Bertz CT molecular complexity index is 719. The number of hydrogen-bond acceptors (Lipinski definition) is 4. The number of hydrogen-bond donors (Lipinski definition) is 1. The van der Waals surface area contributed by atoms with Crippen molar-refractivity contribution in [2.75, 3.05) is 4.90 Å². The minimum absolute atomic E-state index is 0.325. The van der Waals surface area contributed by atoms with Crippen LogP contribution in [-0.4, -0.2) is 22.4 Å². The zero-order valence-electron chi connectivity index (χ0n) is 11.4. The maximum Gasteiger partial charge on any atom is 0.288 e. The van der Waals surface area contributed by atoms with E-state index in [1.165, 1.54) is 4.90 Å². The number of benzene rings is 2. The van der Waals surface area contributed by atoms with Gasteiger partial charge in [-0.15, -0.1) is 0 Å². The number of para-hydroxylation sites is 1. The first-order chi connectivity index (χ1) is 10.7. The number of amides is 3. The molecule has 1 atom stereocenters. The van der Waals surface area contributed by atoms with Crippen LogP contribution >= 0.6 is 11.8 Å². The first kappa shape index (κ1) is 14.3. The van der Waals surface area contributed by atoms with E-state index in [0.717, 1.165) is 11.8 Å². The van der Waals surface area contributed by atoms with Crippen LogP contribution in [0.4, 0.5) is 10.5 Å². The summed E-state index contributed by atoms with van der Waals surface area (Å²) in [6.45, 7) is 0. The third-order valence-electron chi connectivity index (χ3n) is 3.18. The average molecular weight is 312 g/mol. The lowest BCUT2D eigenvalue weighted by atomic mass is 10.1. The van der Waals surface area contributed by atoms with E-state index in [2.05, 4.69) is 5.32 Å². The fourth-order valence-corrected chi connectivity index (χ4v) is 3.04. The SMILES string of the molecule is O=C1NC(=O)C(N(C(=O)c2ccccc2)c2ccccc2)S1. The minimum Gasteiger partial charge on any atom is -0.286 e. The zero-order valence-corrected chi connectivity index (χ0v) is 12.2. The molecular formula is C16H12N2O3S. The van der Waals surface area contributed by atoms with Crippen molar-refractivity contribution in [3.63, 3.8) is 0 Å². The molecular weight excluding hydrogens is 300 g/mol. The van der Waals surface area contributed by atoms with Crippen molar-refractivity contribution in [3.8, 4) is 0 Å². The summed E-state index contributed by atoms with van der Waals surface area (Å²) in [6.07, 6.45) is 0. The van der Waals surface area contributed by atoms with E-state index in [-0.39, 0.29) is 5.91 Å². The largest absolute Gasteiger partial charge is 0.288 e. The summed E-state index contributed by atoms with van der Waals surface area (Å²) < 4.78 is 0. The summed E-state index contributed by atoms with van der Waals surface area (Å²) >= 11 is 0.805. The molecule has 1 aliphatic heterocycles. The molecule has 1 N–H and O–H groups in total. The fraction of sp³-hybridized carbons (Fsp3) is 0.0625. The van der Waals surface area contributed by atoms with Gasteiger partial charge in [-0.2, -0.15) is 0 Å².